The predicted molar refractivity (Wildman–Crippen MR) is 349 cm³/mol. The van der Waals surface area contributed by atoms with E-state index in [1.165, 1.54) is 22.6 Å². The molecule has 6 unspecified atom stereocenters. The van der Waals surface area contributed by atoms with E-state index in [0.29, 0.717) is 85.2 Å². The van der Waals surface area contributed by atoms with Crippen molar-refractivity contribution in [3.8, 4) is 0 Å². The third-order valence-electron chi connectivity index (χ3n) is 20.6. The summed E-state index contributed by atoms with van der Waals surface area (Å²) >= 11 is 0. The Morgan fingerprint density at radius 3 is 1.69 bits per heavy atom. The van der Waals surface area contributed by atoms with Crippen LogP contribution >= 0.6 is 0 Å². The zero-order valence-corrected chi connectivity index (χ0v) is 52.8. The van der Waals surface area contributed by atoms with Crippen LogP contribution in [-0.4, -0.2) is 102 Å². The van der Waals surface area contributed by atoms with Crippen LogP contribution in [0.1, 0.15) is 174 Å². The molecule has 5 heterocycles. The second-order valence-electron chi connectivity index (χ2n) is 26.4. The highest BCUT2D eigenvalue weighted by Gasteiger charge is 2.47. The topological polar surface area (TPSA) is 121 Å². The van der Waals surface area contributed by atoms with Gasteiger partial charge in [0.1, 0.15) is 17.7 Å². The lowest BCUT2D eigenvalue weighted by Gasteiger charge is -2.41. The molecule has 0 spiro atoms. The summed E-state index contributed by atoms with van der Waals surface area (Å²) in [7, 11) is 0. The van der Waals surface area contributed by atoms with Gasteiger partial charge in [0.05, 0.1) is 35.0 Å². The summed E-state index contributed by atoms with van der Waals surface area (Å²) in [5.74, 6) is -4.09. The smallest absolute Gasteiger partial charge is 0.382 e. The summed E-state index contributed by atoms with van der Waals surface area (Å²) in [6, 6.07) is 31.8. The number of carbonyl (C=O) groups is 4. The van der Waals surface area contributed by atoms with E-state index in [9.17, 15) is 27.6 Å². The number of rotatable bonds is 16. The molecular formula is C74H85F5N8O4. The largest absolute Gasteiger partial charge is 0.404 e. The van der Waals surface area contributed by atoms with Crippen LogP contribution in [0.3, 0.4) is 0 Å². The van der Waals surface area contributed by atoms with Gasteiger partial charge in [-0.15, -0.1) is 0 Å². The average molecular weight is 1250 g/mol. The normalized spacial score (nSPS) is 23.0. The van der Waals surface area contributed by atoms with Crippen molar-refractivity contribution in [2.75, 3.05) is 71.6 Å². The van der Waals surface area contributed by atoms with Crippen LogP contribution in [0.4, 0.5) is 50.4 Å². The van der Waals surface area contributed by atoms with Crippen LogP contribution in [-0.2, 0) is 22.6 Å². The van der Waals surface area contributed by atoms with E-state index in [4.69, 9.17) is 0 Å². The van der Waals surface area contributed by atoms with Gasteiger partial charge < -0.3 is 35.6 Å². The number of anilines is 5. The number of benzene rings is 6. The molecule has 17 heteroatoms. The lowest BCUT2D eigenvalue weighted by molar-refractivity contribution is -0.177. The van der Waals surface area contributed by atoms with Crippen LogP contribution in [0, 0.1) is 44.2 Å². The van der Waals surface area contributed by atoms with Gasteiger partial charge in [0.15, 0.2) is 0 Å². The summed E-state index contributed by atoms with van der Waals surface area (Å²) in [5.41, 5.74) is 10.7. The maximum Gasteiger partial charge on any atom is 0.404 e. The molecule has 3 N–H and O–H groups in total. The summed E-state index contributed by atoms with van der Waals surface area (Å²) in [6.45, 7) is 12.6. The van der Waals surface area contributed by atoms with E-state index in [0.717, 1.165) is 105 Å². The number of piperidine rings is 2. The number of hydrogen-bond donors (Lipinski definition) is 3. The Morgan fingerprint density at radius 1 is 0.538 bits per heavy atom. The molecule has 91 heavy (non-hydrogen) atoms. The maximum atomic E-state index is 16.6. The number of nitrogens with one attached hydrogen (secondary N) is 3. The van der Waals surface area contributed by atoms with Crippen LogP contribution in [0.25, 0.3) is 0 Å². The third-order valence-corrected chi connectivity index (χ3v) is 20.6. The average Bonchev–Trinajstić information content (AvgIpc) is 1.33. The standard InChI is InChI=1S/C74H85F5N8O4/c1-5-50-24-31-57(44-64(50)84-37-8-9-38-84)82-71(89)60-15-11-40-86(72(90)66-47(3)14-10-17-61(66)75)69(60)52-25-29-54(30-26-52)80-55-32-27-53(42-55)58-33-34-62(76)67(48(58)4)73(91)87-41-12-16-59(70(88)81-56-28-19-46(2)63(43-56)83-35-6-7-36-83)68(87)51-22-20-49(21-23-51)45-85-39-13-18-65(85)74(77,78)79/h10,14,17,19-26,28-31,33-34,43-44,53,55,59-60,65,68-69,80H,5-9,11-13,15-16,18,27,32,35-42,45H2,1-4H3,(H,81,88)(H,82,89)/t53?,55?,59?,60?,65?,68?,69-/m0/s1. The number of halogens is 5. The van der Waals surface area contributed by atoms with Gasteiger partial charge in [-0.25, -0.2) is 8.78 Å². The summed E-state index contributed by atoms with van der Waals surface area (Å²) < 4.78 is 74.3. The Balaban J connectivity index is 0.776. The molecule has 480 valence electrons. The maximum absolute atomic E-state index is 16.6. The van der Waals surface area contributed by atoms with Crippen LogP contribution in [0.15, 0.2) is 115 Å². The SMILES string of the molecule is CCc1ccc(NC(=O)C2CCCN(C(=O)c3c(C)cccc3F)[C@H]2c2ccc(NC3CCC(c4ccc(F)c(C(=O)N5CCCC(C(=O)Nc6ccc(C)c(N7CCCC7)c6)C5c5ccc(CN6CCCC6C(F)(F)F)cc5)c4C)C3)cc2)cc1N1CCCC1. The molecule has 1 saturated carbocycles. The number of alkyl halides is 3. The van der Waals surface area contributed by atoms with Gasteiger partial charge in [-0.1, -0.05) is 73.7 Å². The van der Waals surface area contributed by atoms with E-state index in [-0.39, 0.29) is 54.4 Å². The Hall–Kier alpha value is -7.79. The van der Waals surface area contributed by atoms with Gasteiger partial charge in [-0.2, -0.15) is 13.2 Å². The third kappa shape index (κ3) is 13.5. The number of amides is 4. The van der Waals surface area contributed by atoms with Gasteiger partial charge in [0.25, 0.3) is 11.8 Å². The highest BCUT2D eigenvalue weighted by atomic mass is 19.4. The van der Waals surface area contributed by atoms with Crippen molar-refractivity contribution in [1.82, 2.24) is 14.7 Å². The summed E-state index contributed by atoms with van der Waals surface area (Å²) in [4.78, 5) is 68.9. The number of nitrogens with zero attached hydrogens (tertiary/aromatic N) is 5. The fraction of sp³-hybridized carbons (Fsp3) is 0.459. The molecule has 0 radical (unpaired) electrons. The van der Waals surface area contributed by atoms with Crippen LogP contribution in [0.2, 0.25) is 0 Å². The Morgan fingerprint density at radius 2 is 1.09 bits per heavy atom. The van der Waals surface area contributed by atoms with E-state index >= 15 is 13.6 Å². The first-order valence-electron chi connectivity index (χ1n) is 33.2. The van der Waals surface area contributed by atoms with Crippen molar-refractivity contribution < 1.29 is 41.1 Å². The summed E-state index contributed by atoms with van der Waals surface area (Å²) in [6.07, 6.45) is 5.75. The Bertz CT molecular complexity index is 3620. The Kier molecular flexibility index (Phi) is 18.9. The van der Waals surface area contributed by atoms with Gasteiger partial charge in [-0.3, -0.25) is 24.1 Å². The Labute approximate surface area is 531 Å². The predicted octanol–water partition coefficient (Wildman–Crippen LogP) is 15.4. The molecule has 12 nitrogen and oxygen atoms in total. The highest BCUT2D eigenvalue weighted by molar-refractivity contribution is 6.00. The molecule has 12 rings (SSSR count). The van der Waals surface area contributed by atoms with E-state index in [1.807, 2.05) is 60.7 Å². The zero-order valence-electron chi connectivity index (χ0n) is 52.8. The molecule has 5 saturated heterocycles. The van der Waals surface area contributed by atoms with Crippen molar-refractivity contribution in [3.05, 3.63) is 183 Å². The highest BCUT2D eigenvalue weighted by Crippen LogP contribution is 2.45. The minimum atomic E-state index is -4.34. The number of hydrogen-bond acceptors (Lipinski definition) is 8. The monoisotopic (exact) mass is 1240 g/mol. The van der Waals surface area contributed by atoms with E-state index < -0.39 is 59.6 Å². The summed E-state index contributed by atoms with van der Waals surface area (Å²) in [5, 5.41) is 10.1. The van der Waals surface area contributed by atoms with Crippen LogP contribution in [0.5, 0.6) is 0 Å². The minimum absolute atomic E-state index is 0.00138. The molecular weight excluding hydrogens is 1160 g/mol. The first-order chi connectivity index (χ1) is 43.9. The molecule has 6 aliphatic rings. The van der Waals surface area contributed by atoms with Crippen molar-refractivity contribution >= 4 is 52.1 Å². The van der Waals surface area contributed by atoms with Gasteiger partial charge in [0.2, 0.25) is 11.8 Å². The van der Waals surface area contributed by atoms with Crippen molar-refractivity contribution in [1.29, 1.82) is 0 Å². The van der Waals surface area contributed by atoms with E-state index in [1.54, 1.807) is 54.0 Å². The number of likely N-dealkylation sites (tertiary alicyclic amines) is 3. The van der Waals surface area contributed by atoms with Crippen molar-refractivity contribution in [2.45, 2.75) is 160 Å². The molecule has 1 aliphatic carbocycles. The lowest BCUT2D eigenvalue weighted by atomic mass is 9.82. The molecule has 0 aromatic heterocycles. The zero-order chi connectivity index (χ0) is 63.7. The molecule has 6 fully saturated rings. The van der Waals surface area contributed by atoms with Gasteiger partial charge in [-0.05, 0) is 216 Å². The number of carbonyl (C=O) groups excluding carboxylic acids is 4. The molecule has 6 aromatic rings. The van der Waals surface area contributed by atoms with Gasteiger partial charge >= 0.3 is 6.18 Å². The fourth-order valence-corrected chi connectivity index (χ4v) is 15.9. The van der Waals surface area contributed by atoms with Gasteiger partial charge in [0, 0.05) is 80.3 Å². The number of aryl methyl sites for hydroxylation is 3. The quantitative estimate of drug-likeness (QED) is 0.0820. The van der Waals surface area contributed by atoms with Crippen molar-refractivity contribution in [2.24, 2.45) is 11.8 Å². The van der Waals surface area contributed by atoms with Crippen LogP contribution < -0.4 is 25.8 Å². The molecule has 7 atom stereocenters. The first-order valence-corrected chi connectivity index (χ1v) is 33.2. The molecule has 6 aromatic carbocycles. The first kappa shape index (κ1) is 63.4. The molecule has 0 bridgehead atoms. The van der Waals surface area contributed by atoms with E-state index in [2.05, 4.69) is 51.7 Å². The fourth-order valence-electron chi connectivity index (χ4n) is 15.9. The molecule has 5 aliphatic heterocycles. The lowest BCUT2D eigenvalue weighted by Crippen LogP contribution is -2.47. The van der Waals surface area contributed by atoms with Crippen molar-refractivity contribution in [3.63, 3.8) is 0 Å². The minimum Gasteiger partial charge on any atom is -0.382 e. The second kappa shape index (κ2) is 27.2. The molecule has 4 amide bonds. The second-order valence-corrected chi connectivity index (χ2v) is 26.4.